The molecule has 2 N–H and O–H groups in total. The summed E-state index contributed by atoms with van der Waals surface area (Å²) in [5.74, 6) is 0.309. The fourth-order valence-electron chi connectivity index (χ4n) is 2.66. The number of hydrogen-bond acceptors (Lipinski definition) is 5. The SMILES string of the molecule is COc1cc(NC2(CC(=O)O)CCCCC2)ncn1. The van der Waals surface area contributed by atoms with E-state index in [1.807, 2.05) is 0 Å². The Bertz CT molecular complexity index is 445. The first-order chi connectivity index (χ1) is 9.13. The standard InChI is InChI=1S/C13H19N3O3/c1-19-11-7-10(14-9-15-11)16-13(8-12(17)18)5-3-2-4-6-13/h7,9H,2-6,8H2,1H3,(H,17,18)(H,14,15,16). The molecule has 0 aliphatic heterocycles. The van der Waals surface area contributed by atoms with E-state index in [9.17, 15) is 4.79 Å². The lowest BCUT2D eigenvalue weighted by molar-refractivity contribution is -0.138. The number of anilines is 1. The normalized spacial score (nSPS) is 17.7. The molecule has 0 unspecified atom stereocenters. The number of rotatable bonds is 5. The smallest absolute Gasteiger partial charge is 0.305 e. The van der Waals surface area contributed by atoms with Crippen molar-refractivity contribution in [3.63, 3.8) is 0 Å². The van der Waals surface area contributed by atoms with Crippen LogP contribution in [0.1, 0.15) is 38.5 Å². The first-order valence-corrected chi connectivity index (χ1v) is 6.50. The lowest BCUT2D eigenvalue weighted by Gasteiger charge is -2.37. The Morgan fingerprint density at radius 1 is 1.42 bits per heavy atom. The molecule has 1 saturated carbocycles. The number of nitrogens with one attached hydrogen (secondary N) is 1. The molecular formula is C13H19N3O3. The van der Waals surface area contributed by atoms with Crippen LogP contribution in [0.25, 0.3) is 0 Å². The molecule has 2 rings (SSSR count). The summed E-state index contributed by atoms with van der Waals surface area (Å²) in [5, 5.41) is 12.4. The van der Waals surface area contributed by atoms with Gasteiger partial charge in [0.15, 0.2) is 0 Å². The third kappa shape index (κ3) is 3.56. The molecule has 1 fully saturated rings. The van der Waals surface area contributed by atoms with E-state index in [1.54, 1.807) is 13.2 Å². The van der Waals surface area contributed by atoms with Crippen molar-refractivity contribution in [2.45, 2.75) is 44.1 Å². The number of methoxy groups -OCH3 is 1. The van der Waals surface area contributed by atoms with Crippen LogP contribution >= 0.6 is 0 Å². The molecule has 1 aliphatic carbocycles. The first-order valence-electron chi connectivity index (χ1n) is 6.50. The van der Waals surface area contributed by atoms with E-state index < -0.39 is 11.5 Å². The third-order valence-corrected chi connectivity index (χ3v) is 3.54. The Balaban J connectivity index is 2.16. The minimum Gasteiger partial charge on any atom is -0.481 e. The largest absolute Gasteiger partial charge is 0.481 e. The summed E-state index contributed by atoms with van der Waals surface area (Å²) in [6.45, 7) is 0. The molecule has 1 aliphatic rings. The number of ether oxygens (including phenoxy) is 1. The number of aliphatic carboxylic acids is 1. The number of carboxylic acid groups (broad SMARTS) is 1. The zero-order chi connectivity index (χ0) is 13.7. The lowest BCUT2D eigenvalue weighted by atomic mass is 9.79. The number of hydrogen-bond donors (Lipinski definition) is 2. The van der Waals surface area contributed by atoms with Crippen molar-refractivity contribution in [1.82, 2.24) is 9.97 Å². The van der Waals surface area contributed by atoms with Gasteiger partial charge in [-0.2, -0.15) is 0 Å². The van der Waals surface area contributed by atoms with E-state index in [0.717, 1.165) is 32.1 Å². The van der Waals surface area contributed by atoms with E-state index in [-0.39, 0.29) is 6.42 Å². The zero-order valence-corrected chi connectivity index (χ0v) is 11.1. The van der Waals surface area contributed by atoms with Crippen LogP contribution in [0, 0.1) is 0 Å². The third-order valence-electron chi connectivity index (χ3n) is 3.54. The van der Waals surface area contributed by atoms with E-state index >= 15 is 0 Å². The van der Waals surface area contributed by atoms with Crippen molar-refractivity contribution in [2.75, 3.05) is 12.4 Å². The Morgan fingerprint density at radius 2 is 2.16 bits per heavy atom. The van der Waals surface area contributed by atoms with Gasteiger partial charge in [0.05, 0.1) is 13.5 Å². The Kier molecular flexibility index (Phi) is 4.19. The molecule has 0 amide bonds. The minimum absolute atomic E-state index is 0.110. The quantitative estimate of drug-likeness (QED) is 0.848. The summed E-state index contributed by atoms with van der Waals surface area (Å²) in [5.41, 5.74) is -0.399. The Hall–Kier alpha value is -1.85. The molecule has 1 heterocycles. The number of carboxylic acids is 1. The van der Waals surface area contributed by atoms with Crippen LogP contribution in [0.5, 0.6) is 5.88 Å². The molecule has 104 valence electrons. The predicted octanol–water partition coefficient (Wildman–Crippen LogP) is 2.07. The average molecular weight is 265 g/mol. The molecule has 19 heavy (non-hydrogen) atoms. The maximum atomic E-state index is 11.1. The number of nitrogens with zero attached hydrogens (tertiary/aromatic N) is 2. The molecule has 0 spiro atoms. The number of carbonyl (C=O) groups is 1. The molecule has 0 bridgehead atoms. The van der Waals surface area contributed by atoms with Gasteiger partial charge in [0.2, 0.25) is 5.88 Å². The second kappa shape index (κ2) is 5.86. The van der Waals surface area contributed by atoms with E-state index in [4.69, 9.17) is 9.84 Å². The monoisotopic (exact) mass is 265 g/mol. The van der Waals surface area contributed by atoms with E-state index in [2.05, 4.69) is 15.3 Å². The summed E-state index contributed by atoms with van der Waals surface area (Å²) in [6.07, 6.45) is 6.48. The van der Waals surface area contributed by atoms with Gasteiger partial charge in [-0.3, -0.25) is 4.79 Å². The van der Waals surface area contributed by atoms with Gasteiger partial charge in [-0.15, -0.1) is 0 Å². The molecule has 6 heteroatoms. The summed E-state index contributed by atoms with van der Waals surface area (Å²) in [6, 6.07) is 1.69. The van der Waals surface area contributed by atoms with Crippen LogP contribution in [-0.2, 0) is 4.79 Å². The van der Waals surface area contributed by atoms with Crippen molar-refractivity contribution in [3.8, 4) is 5.88 Å². The molecule has 1 aromatic heterocycles. The van der Waals surface area contributed by atoms with Gasteiger partial charge in [-0.1, -0.05) is 19.3 Å². The molecule has 6 nitrogen and oxygen atoms in total. The van der Waals surface area contributed by atoms with Gasteiger partial charge >= 0.3 is 5.97 Å². The molecule has 0 atom stereocenters. The highest BCUT2D eigenvalue weighted by Gasteiger charge is 2.34. The van der Waals surface area contributed by atoms with Crippen LogP contribution in [0.15, 0.2) is 12.4 Å². The van der Waals surface area contributed by atoms with Crippen molar-refractivity contribution in [1.29, 1.82) is 0 Å². The topological polar surface area (TPSA) is 84.3 Å². The highest BCUT2D eigenvalue weighted by atomic mass is 16.5. The highest BCUT2D eigenvalue weighted by Crippen LogP contribution is 2.34. The van der Waals surface area contributed by atoms with Crippen LogP contribution in [0.3, 0.4) is 0 Å². The summed E-state index contributed by atoms with van der Waals surface area (Å²) >= 11 is 0. The Labute approximate surface area is 112 Å². The zero-order valence-electron chi connectivity index (χ0n) is 11.1. The maximum Gasteiger partial charge on any atom is 0.305 e. The van der Waals surface area contributed by atoms with Gasteiger partial charge in [0.25, 0.3) is 0 Å². The molecule has 1 aromatic rings. The van der Waals surface area contributed by atoms with E-state index in [1.165, 1.54) is 6.33 Å². The predicted molar refractivity (Wildman–Crippen MR) is 70.3 cm³/mol. The van der Waals surface area contributed by atoms with Crippen LogP contribution in [0.4, 0.5) is 5.82 Å². The van der Waals surface area contributed by atoms with E-state index in [0.29, 0.717) is 11.7 Å². The second-order valence-electron chi connectivity index (χ2n) is 4.98. The van der Waals surface area contributed by atoms with Gasteiger partial charge < -0.3 is 15.2 Å². The Morgan fingerprint density at radius 3 is 2.79 bits per heavy atom. The van der Waals surface area contributed by atoms with Gasteiger partial charge in [0, 0.05) is 11.6 Å². The van der Waals surface area contributed by atoms with Crippen molar-refractivity contribution in [2.24, 2.45) is 0 Å². The van der Waals surface area contributed by atoms with Crippen LogP contribution < -0.4 is 10.1 Å². The number of aromatic nitrogens is 2. The average Bonchev–Trinajstić information content (AvgIpc) is 2.39. The van der Waals surface area contributed by atoms with Crippen molar-refractivity contribution < 1.29 is 14.6 Å². The molecule has 0 aromatic carbocycles. The van der Waals surface area contributed by atoms with Crippen LogP contribution in [-0.4, -0.2) is 33.7 Å². The van der Waals surface area contributed by atoms with Crippen LogP contribution in [0.2, 0.25) is 0 Å². The second-order valence-corrected chi connectivity index (χ2v) is 4.98. The molecule has 0 saturated heterocycles. The van der Waals surface area contributed by atoms with Gasteiger partial charge in [-0.05, 0) is 12.8 Å². The van der Waals surface area contributed by atoms with Gasteiger partial charge in [0.1, 0.15) is 12.1 Å². The van der Waals surface area contributed by atoms with Crippen molar-refractivity contribution in [3.05, 3.63) is 12.4 Å². The highest BCUT2D eigenvalue weighted by molar-refractivity contribution is 5.69. The first kappa shape index (κ1) is 13.6. The fraction of sp³-hybridized carbons (Fsp3) is 0.615. The summed E-state index contributed by atoms with van der Waals surface area (Å²) < 4.78 is 5.05. The molecule has 0 radical (unpaired) electrons. The molecular weight excluding hydrogens is 246 g/mol. The van der Waals surface area contributed by atoms with Gasteiger partial charge in [-0.25, -0.2) is 9.97 Å². The van der Waals surface area contributed by atoms with Crippen molar-refractivity contribution >= 4 is 11.8 Å². The lowest BCUT2D eigenvalue weighted by Crippen LogP contribution is -2.42. The summed E-state index contributed by atoms with van der Waals surface area (Å²) in [7, 11) is 1.54. The fourth-order valence-corrected chi connectivity index (χ4v) is 2.66. The maximum absolute atomic E-state index is 11.1. The minimum atomic E-state index is -0.782. The summed E-state index contributed by atoms with van der Waals surface area (Å²) in [4.78, 5) is 19.2.